The number of benzene rings is 2. The third kappa shape index (κ3) is 5.22. The molecule has 2 rings (SSSR count). The molecule has 0 aliphatic rings. The van der Waals surface area contributed by atoms with Crippen LogP contribution in [0.2, 0.25) is 0 Å². The summed E-state index contributed by atoms with van der Waals surface area (Å²) in [6.45, 7) is 4.19. The maximum absolute atomic E-state index is 12.4. The summed E-state index contributed by atoms with van der Waals surface area (Å²) >= 11 is 1.70. The summed E-state index contributed by atoms with van der Waals surface area (Å²) in [6.07, 6.45) is 0. The van der Waals surface area contributed by atoms with Crippen LogP contribution in [0.25, 0.3) is 0 Å². The van der Waals surface area contributed by atoms with Crippen LogP contribution in [0, 0.1) is 0 Å². The molecule has 134 valence electrons. The van der Waals surface area contributed by atoms with Crippen LogP contribution in [0.15, 0.2) is 52.3 Å². The molecule has 0 spiro atoms. The lowest BCUT2D eigenvalue weighted by Crippen LogP contribution is -2.15. The number of thioether (sulfide) groups is 1. The van der Waals surface area contributed by atoms with Crippen molar-refractivity contribution < 1.29 is 17.9 Å². The van der Waals surface area contributed by atoms with Crippen molar-refractivity contribution in [2.75, 3.05) is 12.4 Å². The smallest absolute Gasteiger partial charge is 0.255 e. The third-order valence-corrected chi connectivity index (χ3v) is 5.16. The van der Waals surface area contributed by atoms with Crippen molar-refractivity contribution in [2.24, 2.45) is 5.14 Å². The SMILES string of the molecule is COc1ccc(S(N)(=O)=O)cc1NC(=O)c1ccc(SC(C)C)cc1. The average molecular weight is 380 g/mol. The van der Waals surface area contributed by atoms with Crippen LogP contribution >= 0.6 is 11.8 Å². The van der Waals surface area contributed by atoms with Crippen LogP contribution in [-0.4, -0.2) is 26.7 Å². The van der Waals surface area contributed by atoms with Crippen molar-refractivity contribution in [3.8, 4) is 5.75 Å². The van der Waals surface area contributed by atoms with Gasteiger partial charge in [0.1, 0.15) is 5.75 Å². The van der Waals surface area contributed by atoms with E-state index in [2.05, 4.69) is 19.2 Å². The van der Waals surface area contributed by atoms with Crippen molar-refractivity contribution in [1.29, 1.82) is 0 Å². The third-order valence-electron chi connectivity index (χ3n) is 3.24. The fourth-order valence-corrected chi connectivity index (χ4v) is 3.49. The van der Waals surface area contributed by atoms with Gasteiger partial charge in [-0.1, -0.05) is 13.8 Å². The summed E-state index contributed by atoms with van der Waals surface area (Å²) in [4.78, 5) is 13.4. The van der Waals surface area contributed by atoms with E-state index >= 15 is 0 Å². The number of ether oxygens (including phenoxy) is 1. The van der Waals surface area contributed by atoms with Gasteiger partial charge in [-0.2, -0.15) is 0 Å². The Bertz CT molecular complexity index is 863. The van der Waals surface area contributed by atoms with Crippen LogP contribution in [0.3, 0.4) is 0 Å². The van der Waals surface area contributed by atoms with E-state index in [1.807, 2.05) is 12.1 Å². The first kappa shape index (κ1) is 19.3. The zero-order chi connectivity index (χ0) is 18.6. The number of anilines is 1. The second-order valence-corrected chi connectivity index (χ2v) is 8.76. The second kappa shape index (κ2) is 7.90. The Morgan fingerprint density at radius 3 is 2.32 bits per heavy atom. The molecule has 2 aromatic carbocycles. The summed E-state index contributed by atoms with van der Waals surface area (Å²) in [6, 6.07) is 11.2. The monoisotopic (exact) mass is 380 g/mol. The number of sulfonamides is 1. The molecule has 0 radical (unpaired) electrons. The lowest BCUT2D eigenvalue weighted by Gasteiger charge is -2.12. The number of carbonyl (C=O) groups excluding carboxylic acids is 1. The van der Waals surface area contributed by atoms with Crippen LogP contribution < -0.4 is 15.2 Å². The molecule has 0 unspecified atom stereocenters. The van der Waals surface area contributed by atoms with E-state index in [1.54, 1.807) is 23.9 Å². The topological polar surface area (TPSA) is 98.5 Å². The standard InChI is InChI=1S/C17H20N2O4S2/c1-11(2)24-13-6-4-12(5-7-13)17(20)19-15-10-14(25(18,21)22)8-9-16(15)23-3/h4-11H,1-3H3,(H,19,20)(H2,18,21,22). The van der Waals surface area contributed by atoms with Crippen molar-refractivity contribution in [2.45, 2.75) is 28.9 Å². The molecule has 0 atom stereocenters. The number of nitrogens with one attached hydrogen (secondary N) is 1. The van der Waals surface area contributed by atoms with Crippen LogP contribution in [0.5, 0.6) is 5.75 Å². The highest BCUT2D eigenvalue weighted by atomic mass is 32.2. The normalized spacial score (nSPS) is 11.4. The van der Waals surface area contributed by atoms with Gasteiger partial charge in [0.15, 0.2) is 0 Å². The van der Waals surface area contributed by atoms with Gasteiger partial charge in [0.2, 0.25) is 10.0 Å². The molecular formula is C17H20N2O4S2. The first-order chi connectivity index (χ1) is 11.7. The van der Waals surface area contributed by atoms with Crippen LogP contribution in [-0.2, 0) is 10.0 Å². The Labute approximate surface area is 151 Å². The van der Waals surface area contributed by atoms with Gasteiger partial charge in [0.05, 0.1) is 17.7 Å². The number of methoxy groups -OCH3 is 1. The summed E-state index contributed by atoms with van der Waals surface area (Å²) in [7, 11) is -2.45. The summed E-state index contributed by atoms with van der Waals surface area (Å²) < 4.78 is 28.1. The fourth-order valence-electron chi connectivity index (χ4n) is 2.11. The predicted octanol–water partition coefficient (Wildman–Crippen LogP) is 3.10. The maximum atomic E-state index is 12.4. The van der Waals surface area contributed by atoms with Gasteiger partial charge >= 0.3 is 0 Å². The Balaban J connectivity index is 2.24. The largest absolute Gasteiger partial charge is 0.495 e. The Morgan fingerprint density at radius 1 is 1.16 bits per heavy atom. The molecule has 0 bridgehead atoms. The molecule has 1 amide bonds. The fraction of sp³-hybridized carbons (Fsp3) is 0.235. The number of nitrogens with two attached hydrogens (primary N) is 1. The van der Waals surface area contributed by atoms with E-state index < -0.39 is 10.0 Å². The number of carbonyl (C=O) groups is 1. The molecule has 0 fully saturated rings. The minimum atomic E-state index is -3.88. The minimum Gasteiger partial charge on any atom is -0.495 e. The van der Waals surface area contributed by atoms with Gasteiger partial charge < -0.3 is 10.1 Å². The molecule has 0 aromatic heterocycles. The number of primary sulfonamides is 1. The molecule has 25 heavy (non-hydrogen) atoms. The van der Waals surface area contributed by atoms with E-state index in [4.69, 9.17) is 9.88 Å². The van der Waals surface area contributed by atoms with E-state index in [1.165, 1.54) is 25.3 Å². The van der Waals surface area contributed by atoms with E-state index in [9.17, 15) is 13.2 Å². The zero-order valence-electron chi connectivity index (χ0n) is 14.1. The molecular weight excluding hydrogens is 360 g/mol. The molecule has 3 N–H and O–H groups in total. The molecule has 0 aliphatic carbocycles. The average Bonchev–Trinajstić information content (AvgIpc) is 2.54. The molecule has 6 nitrogen and oxygen atoms in total. The quantitative estimate of drug-likeness (QED) is 0.750. The summed E-state index contributed by atoms with van der Waals surface area (Å²) in [5.41, 5.74) is 0.691. The highest BCUT2D eigenvalue weighted by molar-refractivity contribution is 7.99. The number of rotatable bonds is 6. The van der Waals surface area contributed by atoms with Crippen LogP contribution in [0.4, 0.5) is 5.69 Å². The van der Waals surface area contributed by atoms with Crippen molar-refractivity contribution in [3.63, 3.8) is 0 Å². The Hall–Kier alpha value is -2.03. The van der Waals surface area contributed by atoms with Gasteiger partial charge in [0.25, 0.3) is 5.91 Å². The van der Waals surface area contributed by atoms with E-state index in [0.29, 0.717) is 16.6 Å². The lowest BCUT2D eigenvalue weighted by molar-refractivity contribution is 0.102. The first-order valence-electron chi connectivity index (χ1n) is 7.49. The predicted molar refractivity (Wildman–Crippen MR) is 99.8 cm³/mol. The molecule has 2 aromatic rings. The highest BCUT2D eigenvalue weighted by Gasteiger charge is 2.15. The number of amides is 1. The number of hydrogen-bond acceptors (Lipinski definition) is 5. The van der Waals surface area contributed by atoms with Crippen molar-refractivity contribution in [1.82, 2.24) is 0 Å². The summed E-state index contributed by atoms with van der Waals surface area (Å²) in [5.74, 6) is -0.0290. The van der Waals surface area contributed by atoms with Crippen molar-refractivity contribution in [3.05, 3.63) is 48.0 Å². The lowest BCUT2D eigenvalue weighted by atomic mass is 10.2. The Morgan fingerprint density at radius 2 is 1.80 bits per heavy atom. The number of hydrogen-bond donors (Lipinski definition) is 2. The van der Waals surface area contributed by atoms with E-state index in [0.717, 1.165) is 4.90 Å². The van der Waals surface area contributed by atoms with Crippen LogP contribution in [0.1, 0.15) is 24.2 Å². The maximum Gasteiger partial charge on any atom is 0.255 e. The van der Waals surface area contributed by atoms with Gasteiger partial charge in [-0.15, -0.1) is 11.8 Å². The van der Waals surface area contributed by atoms with Gasteiger partial charge in [-0.25, -0.2) is 13.6 Å². The molecule has 0 saturated carbocycles. The van der Waals surface area contributed by atoms with Gasteiger partial charge in [0, 0.05) is 15.7 Å². The zero-order valence-corrected chi connectivity index (χ0v) is 15.8. The minimum absolute atomic E-state index is 0.104. The Kier molecular flexibility index (Phi) is 6.10. The first-order valence-corrected chi connectivity index (χ1v) is 9.92. The molecule has 0 saturated heterocycles. The second-order valence-electron chi connectivity index (χ2n) is 5.55. The highest BCUT2D eigenvalue weighted by Crippen LogP contribution is 2.28. The molecule has 0 heterocycles. The van der Waals surface area contributed by atoms with Gasteiger partial charge in [-0.05, 0) is 42.5 Å². The van der Waals surface area contributed by atoms with Crippen molar-refractivity contribution >= 4 is 33.4 Å². The van der Waals surface area contributed by atoms with E-state index in [-0.39, 0.29) is 16.5 Å². The van der Waals surface area contributed by atoms with Gasteiger partial charge in [-0.3, -0.25) is 4.79 Å². The summed E-state index contributed by atoms with van der Waals surface area (Å²) in [5, 5.41) is 8.24. The molecule has 8 heteroatoms. The molecule has 0 aliphatic heterocycles.